The summed E-state index contributed by atoms with van der Waals surface area (Å²) in [5.74, 6) is -0.590. The fourth-order valence-electron chi connectivity index (χ4n) is 2.22. The van der Waals surface area contributed by atoms with Crippen molar-refractivity contribution < 1.29 is 9.18 Å². The molecule has 3 rings (SSSR count). The van der Waals surface area contributed by atoms with Crippen LogP contribution in [0.1, 0.15) is 16.1 Å². The second-order valence-electron chi connectivity index (χ2n) is 5.34. The minimum absolute atomic E-state index is 0.170. The largest absolute Gasteiger partial charge is 0.336 e. The third-order valence-electron chi connectivity index (χ3n) is 3.44. The highest BCUT2D eigenvalue weighted by Gasteiger charge is 2.18. The molecule has 124 valence electrons. The third-order valence-corrected chi connectivity index (χ3v) is 4.82. The predicted octanol–water partition coefficient (Wildman–Crippen LogP) is 3.72. The van der Waals surface area contributed by atoms with Gasteiger partial charge in [-0.1, -0.05) is 15.9 Å². The number of thiazole rings is 1. The number of benzene rings is 1. The molecule has 0 fully saturated rings. The van der Waals surface area contributed by atoms with E-state index >= 15 is 0 Å². The van der Waals surface area contributed by atoms with Gasteiger partial charge in [0.2, 0.25) is 0 Å². The summed E-state index contributed by atoms with van der Waals surface area (Å²) in [5.41, 5.74) is 1.65. The van der Waals surface area contributed by atoms with Crippen molar-refractivity contribution in [3.05, 3.63) is 57.5 Å². The molecule has 1 amide bonds. The molecular formula is C16H14BrFN4OS. The maximum Gasteiger partial charge on any atom is 0.273 e. The highest BCUT2D eigenvalue weighted by atomic mass is 79.9. The number of amides is 1. The van der Waals surface area contributed by atoms with Crippen molar-refractivity contribution in [1.82, 2.24) is 19.7 Å². The molecule has 1 aromatic carbocycles. The summed E-state index contributed by atoms with van der Waals surface area (Å²) in [6.07, 6.45) is 3.54. The number of rotatable bonds is 4. The smallest absolute Gasteiger partial charge is 0.273 e. The highest BCUT2D eigenvalue weighted by molar-refractivity contribution is 9.10. The summed E-state index contributed by atoms with van der Waals surface area (Å²) in [4.78, 5) is 18.3. The van der Waals surface area contributed by atoms with E-state index in [0.717, 1.165) is 15.0 Å². The molecule has 0 aliphatic rings. The first-order chi connectivity index (χ1) is 11.4. The van der Waals surface area contributed by atoms with Crippen molar-refractivity contribution >= 4 is 33.2 Å². The maximum atomic E-state index is 13.8. The van der Waals surface area contributed by atoms with Crippen molar-refractivity contribution in [2.24, 2.45) is 7.05 Å². The Kier molecular flexibility index (Phi) is 4.77. The lowest BCUT2D eigenvalue weighted by atomic mass is 10.2. The molecule has 5 nitrogen and oxygen atoms in total. The summed E-state index contributed by atoms with van der Waals surface area (Å²) in [5, 5.41) is 6.53. The number of aromatic nitrogens is 3. The van der Waals surface area contributed by atoms with Crippen LogP contribution in [-0.4, -0.2) is 32.6 Å². The quantitative estimate of drug-likeness (QED) is 0.660. The van der Waals surface area contributed by atoms with Gasteiger partial charge in [0, 0.05) is 47.8 Å². The van der Waals surface area contributed by atoms with E-state index in [9.17, 15) is 9.18 Å². The van der Waals surface area contributed by atoms with Crippen LogP contribution in [0.4, 0.5) is 4.39 Å². The van der Waals surface area contributed by atoms with Crippen LogP contribution in [0.25, 0.3) is 10.6 Å². The van der Waals surface area contributed by atoms with Gasteiger partial charge in [-0.2, -0.15) is 5.10 Å². The monoisotopic (exact) mass is 408 g/mol. The Labute approximate surface area is 150 Å². The molecule has 0 aliphatic carbocycles. The van der Waals surface area contributed by atoms with E-state index in [1.807, 2.05) is 13.2 Å². The van der Waals surface area contributed by atoms with Crippen LogP contribution in [0.2, 0.25) is 0 Å². The Morgan fingerprint density at radius 3 is 2.96 bits per heavy atom. The SMILES string of the molecule is CN(Cc1cc(Br)ccc1F)C(=O)c1csc(-c2cnn(C)c2)n1. The average Bonchev–Trinajstić information content (AvgIpc) is 3.19. The molecule has 0 saturated carbocycles. The van der Waals surface area contributed by atoms with Crippen molar-refractivity contribution in [3.8, 4) is 10.6 Å². The van der Waals surface area contributed by atoms with Gasteiger partial charge in [0.25, 0.3) is 5.91 Å². The molecule has 2 aromatic heterocycles. The molecule has 0 spiro atoms. The van der Waals surface area contributed by atoms with Crippen LogP contribution in [0.5, 0.6) is 0 Å². The zero-order valence-electron chi connectivity index (χ0n) is 13.0. The molecule has 8 heteroatoms. The summed E-state index contributed by atoms with van der Waals surface area (Å²) in [6.45, 7) is 0.170. The normalized spacial score (nSPS) is 10.8. The van der Waals surface area contributed by atoms with E-state index in [-0.39, 0.29) is 18.3 Å². The Balaban J connectivity index is 1.76. The molecule has 0 aliphatic heterocycles. The van der Waals surface area contributed by atoms with Gasteiger partial charge in [0.1, 0.15) is 16.5 Å². The van der Waals surface area contributed by atoms with Crippen LogP contribution in [0.15, 0.2) is 40.4 Å². The van der Waals surface area contributed by atoms with Gasteiger partial charge in [-0.3, -0.25) is 9.48 Å². The van der Waals surface area contributed by atoms with Gasteiger partial charge in [0.05, 0.1) is 6.20 Å². The Hall–Kier alpha value is -2.06. The van der Waals surface area contributed by atoms with Gasteiger partial charge < -0.3 is 4.90 Å². The lowest BCUT2D eigenvalue weighted by Crippen LogP contribution is -2.26. The lowest BCUT2D eigenvalue weighted by Gasteiger charge is -2.16. The van der Waals surface area contributed by atoms with Gasteiger partial charge in [0.15, 0.2) is 0 Å². The molecule has 24 heavy (non-hydrogen) atoms. The maximum absolute atomic E-state index is 13.8. The van der Waals surface area contributed by atoms with Crippen LogP contribution in [-0.2, 0) is 13.6 Å². The molecule has 0 saturated heterocycles. The van der Waals surface area contributed by atoms with Gasteiger partial charge in [-0.15, -0.1) is 11.3 Å². The number of hydrogen-bond donors (Lipinski definition) is 0. The first kappa shape index (κ1) is 16.8. The first-order valence-electron chi connectivity index (χ1n) is 7.08. The van der Waals surface area contributed by atoms with Crippen molar-refractivity contribution in [1.29, 1.82) is 0 Å². The second kappa shape index (κ2) is 6.82. The first-order valence-corrected chi connectivity index (χ1v) is 8.75. The van der Waals surface area contributed by atoms with Gasteiger partial charge in [-0.05, 0) is 18.2 Å². The zero-order valence-corrected chi connectivity index (χ0v) is 15.4. The standard InChI is InChI=1S/C16H14BrFN4OS/c1-21(7-10-5-12(17)3-4-13(10)18)16(23)14-9-24-15(20-14)11-6-19-22(2)8-11/h3-6,8-9H,7H2,1-2H3. The van der Waals surface area contributed by atoms with Gasteiger partial charge in [-0.25, -0.2) is 9.37 Å². The molecule has 0 radical (unpaired) electrons. The summed E-state index contributed by atoms with van der Waals surface area (Å²) >= 11 is 4.69. The summed E-state index contributed by atoms with van der Waals surface area (Å²) in [7, 11) is 3.45. The molecule has 0 bridgehead atoms. The van der Waals surface area contributed by atoms with Crippen LogP contribution in [0.3, 0.4) is 0 Å². The minimum Gasteiger partial charge on any atom is -0.336 e. The predicted molar refractivity (Wildman–Crippen MR) is 94.2 cm³/mol. The van der Waals surface area contributed by atoms with E-state index in [4.69, 9.17) is 0 Å². The highest BCUT2D eigenvalue weighted by Crippen LogP contribution is 2.24. The number of nitrogens with zero attached hydrogens (tertiary/aromatic N) is 4. The van der Waals surface area contributed by atoms with Crippen molar-refractivity contribution in [2.75, 3.05) is 7.05 Å². The topological polar surface area (TPSA) is 51.0 Å². The number of halogens is 2. The van der Waals surface area contributed by atoms with Crippen LogP contribution >= 0.6 is 27.3 Å². The summed E-state index contributed by atoms with van der Waals surface area (Å²) in [6, 6.07) is 4.67. The average molecular weight is 409 g/mol. The lowest BCUT2D eigenvalue weighted by molar-refractivity contribution is 0.0779. The van der Waals surface area contributed by atoms with E-state index in [2.05, 4.69) is 26.0 Å². The van der Waals surface area contributed by atoms with Crippen LogP contribution < -0.4 is 0 Å². The Morgan fingerprint density at radius 2 is 2.25 bits per heavy atom. The van der Waals surface area contributed by atoms with E-state index in [1.54, 1.807) is 35.4 Å². The Bertz CT molecular complexity index is 892. The van der Waals surface area contributed by atoms with E-state index in [0.29, 0.717) is 11.3 Å². The van der Waals surface area contributed by atoms with Crippen molar-refractivity contribution in [3.63, 3.8) is 0 Å². The minimum atomic E-state index is -0.341. The molecular weight excluding hydrogens is 395 g/mol. The Morgan fingerprint density at radius 1 is 1.46 bits per heavy atom. The molecule has 2 heterocycles. The molecule has 0 unspecified atom stereocenters. The fraction of sp³-hybridized carbons (Fsp3) is 0.188. The van der Waals surface area contributed by atoms with Gasteiger partial charge >= 0.3 is 0 Å². The summed E-state index contributed by atoms with van der Waals surface area (Å²) < 4.78 is 16.3. The van der Waals surface area contributed by atoms with Crippen molar-refractivity contribution in [2.45, 2.75) is 6.54 Å². The molecule has 0 atom stereocenters. The number of aryl methyl sites for hydroxylation is 1. The third kappa shape index (κ3) is 3.54. The number of hydrogen-bond acceptors (Lipinski definition) is 4. The molecule has 0 N–H and O–H groups in total. The zero-order chi connectivity index (χ0) is 17.3. The fourth-order valence-corrected chi connectivity index (χ4v) is 3.40. The molecule has 3 aromatic rings. The second-order valence-corrected chi connectivity index (χ2v) is 7.11. The van der Waals surface area contributed by atoms with E-state index < -0.39 is 0 Å². The van der Waals surface area contributed by atoms with Crippen LogP contribution in [0, 0.1) is 5.82 Å². The number of carbonyl (C=O) groups excluding carboxylic acids is 1. The number of carbonyl (C=O) groups is 1. The van der Waals surface area contributed by atoms with E-state index in [1.165, 1.54) is 22.3 Å².